The Morgan fingerprint density at radius 1 is 1.40 bits per heavy atom. The van der Waals surface area contributed by atoms with Crippen LogP contribution in [-0.4, -0.2) is 12.9 Å². The molecule has 0 amide bonds. The Hall–Kier alpha value is -1.30. The Labute approximate surface area is 98.2 Å². The second-order valence-corrected chi connectivity index (χ2v) is 3.31. The fourth-order valence-corrected chi connectivity index (χ4v) is 0.899. The van der Waals surface area contributed by atoms with Crippen molar-refractivity contribution in [1.82, 2.24) is 0 Å². The van der Waals surface area contributed by atoms with Crippen LogP contribution in [0.1, 0.15) is 32.4 Å². The first kappa shape index (κ1) is 6.32. The molecule has 0 saturated heterocycles. The van der Waals surface area contributed by atoms with E-state index in [4.69, 9.17) is 22.8 Å². The maximum Gasteiger partial charge on any atom is 0.164 e. The van der Waals surface area contributed by atoms with E-state index in [2.05, 4.69) is 5.92 Å². The van der Waals surface area contributed by atoms with E-state index >= 15 is 0 Å². The topological polar surface area (TPSA) is 18.5 Å². The zero-order valence-electron chi connectivity index (χ0n) is 14.0. The standard InChI is InChI=1S/C13H16O2/c1-5-12(15-13(2,3)14-4)11-9-7-6-8-10-11/h1,6-10,12H,2-4H3/i6D,7D,8D,9D,10D. The van der Waals surface area contributed by atoms with Gasteiger partial charge in [0.25, 0.3) is 0 Å². The van der Waals surface area contributed by atoms with Crippen LogP contribution in [0.2, 0.25) is 0 Å². The summed E-state index contributed by atoms with van der Waals surface area (Å²) in [6, 6.07) is -2.10. The summed E-state index contributed by atoms with van der Waals surface area (Å²) in [6.07, 6.45) is 4.28. The van der Waals surface area contributed by atoms with Gasteiger partial charge in [0.2, 0.25) is 0 Å². The predicted molar refractivity (Wildman–Crippen MR) is 60.2 cm³/mol. The van der Waals surface area contributed by atoms with Gasteiger partial charge in [-0.1, -0.05) is 36.1 Å². The van der Waals surface area contributed by atoms with Crippen LogP contribution in [-0.2, 0) is 9.47 Å². The van der Waals surface area contributed by atoms with Gasteiger partial charge in [-0.05, 0) is 19.4 Å². The summed E-state index contributed by atoms with van der Waals surface area (Å²) in [5, 5.41) is 0. The molecule has 0 aliphatic rings. The highest BCUT2D eigenvalue weighted by Gasteiger charge is 2.22. The van der Waals surface area contributed by atoms with E-state index in [-0.39, 0.29) is 17.6 Å². The van der Waals surface area contributed by atoms with Gasteiger partial charge in [0.05, 0.1) is 6.85 Å². The minimum absolute atomic E-state index is 0.0661. The summed E-state index contributed by atoms with van der Waals surface area (Å²) < 4.78 is 49.1. The molecule has 80 valence electrons. The van der Waals surface area contributed by atoms with E-state index in [0.29, 0.717) is 0 Å². The van der Waals surface area contributed by atoms with Crippen molar-refractivity contribution in [2.75, 3.05) is 7.11 Å². The van der Waals surface area contributed by atoms with Gasteiger partial charge in [-0.2, -0.15) is 0 Å². The first-order valence-corrected chi connectivity index (χ1v) is 4.42. The highest BCUT2D eigenvalue weighted by atomic mass is 16.7. The van der Waals surface area contributed by atoms with Crippen LogP contribution in [0.15, 0.2) is 30.2 Å². The Bertz CT molecular complexity index is 534. The molecule has 0 bridgehead atoms. The van der Waals surface area contributed by atoms with Crippen LogP contribution in [0.25, 0.3) is 0 Å². The van der Waals surface area contributed by atoms with E-state index in [1.54, 1.807) is 13.8 Å². The third kappa shape index (κ3) is 3.39. The first-order valence-electron chi connectivity index (χ1n) is 6.92. The zero-order valence-corrected chi connectivity index (χ0v) is 8.97. The fraction of sp³-hybridized carbons (Fsp3) is 0.385. The molecule has 0 saturated carbocycles. The number of terminal acetylenes is 1. The number of hydrogen-bond acceptors (Lipinski definition) is 2. The molecule has 0 aliphatic carbocycles. The molecule has 1 aromatic rings. The van der Waals surface area contributed by atoms with Crippen LogP contribution in [0.4, 0.5) is 0 Å². The van der Waals surface area contributed by atoms with E-state index in [1.165, 1.54) is 7.11 Å². The highest BCUT2D eigenvalue weighted by molar-refractivity contribution is 5.23. The van der Waals surface area contributed by atoms with E-state index in [1.807, 2.05) is 0 Å². The molecule has 0 spiro atoms. The average molecular weight is 209 g/mol. The van der Waals surface area contributed by atoms with Gasteiger partial charge >= 0.3 is 0 Å². The minimum atomic E-state index is -1.10. The lowest BCUT2D eigenvalue weighted by molar-refractivity contribution is -0.213. The number of rotatable bonds is 4. The fourth-order valence-electron chi connectivity index (χ4n) is 0.899. The van der Waals surface area contributed by atoms with E-state index < -0.39 is 30.0 Å². The van der Waals surface area contributed by atoms with Gasteiger partial charge in [-0.25, -0.2) is 0 Å². The molecule has 2 heteroatoms. The molecule has 2 nitrogen and oxygen atoms in total. The molecule has 1 rings (SSSR count). The summed E-state index contributed by atoms with van der Waals surface area (Å²) in [6.45, 7) is 3.24. The van der Waals surface area contributed by atoms with Gasteiger partial charge in [0, 0.05) is 7.11 Å². The maximum atomic E-state index is 7.85. The lowest BCUT2D eigenvalue weighted by atomic mass is 10.1. The van der Waals surface area contributed by atoms with Crippen molar-refractivity contribution in [2.24, 2.45) is 0 Å². The number of methoxy groups -OCH3 is 1. The predicted octanol–water partition coefficient (Wildman–Crippen LogP) is 2.76. The van der Waals surface area contributed by atoms with Crippen LogP contribution < -0.4 is 0 Å². The SMILES string of the molecule is [2H]c1c([2H])c([2H])c(C(C#C)OC(C)(C)OC)c([2H])c1[2H]. The molecular weight excluding hydrogens is 188 g/mol. The van der Waals surface area contributed by atoms with Crippen molar-refractivity contribution in [3.8, 4) is 12.3 Å². The van der Waals surface area contributed by atoms with Crippen molar-refractivity contribution >= 4 is 0 Å². The molecular formula is C13H16O2. The summed E-state index contributed by atoms with van der Waals surface area (Å²) in [5.74, 6) is 1.25. The monoisotopic (exact) mass is 209 g/mol. The second-order valence-electron chi connectivity index (χ2n) is 3.31. The molecule has 0 aromatic heterocycles. The van der Waals surface area contributed by atoms with Crippen molar-refractivity contribution < 1.29 is 16.3 Å². The van der Waals surface area contributed by atoms with E-state index in [0.717, 1.165) is 0 Å². The van der Waals surface area contributed by atoms with Crippen LogP contribution in [0, 0.1) is 12.3 Å². The van der Waals surface area contributed by atoms with Crippen LogP contribution >= 0.6 is 0 Å². The van der Waals surface area contributed by atoms with Gasteiger partial charge < -0.3 is 9.47 Å². The van der Waals surface area contributed by atoms with Crippen molar-refractivity contribution in [2.45, 2.75) is 25.7 Å². The quantitative estimate of drug-likeness (QED) is 0.561. The third-order valence-electron chi connectivity index (χ3n) is 1.83. The molecule has 1 atom stereocenters. The first-order chi connectivity index (χ1) is 9.16. The normalized spacial score (nSPS) is 17.9. The summed E-state index contributed by atoms with van der Waals surface area (Å²) >= 11 is 0. The Morgan fingerprint density at radius 2 is 2.00 bits per heavy atom. The van der Waals surface area contributed by atoms with Gasteiger partial charge in [-0.15, -0.1) is 6.42 Å². The maximum absolute atomic E-state index is 7.85. The Kier molecular flexibility index (Phi) is 2.09. The van der Waals surface area contributed by atoms with Crippen molar-refractivity contribution in [1.29, 1.82) is 0 Å². The number of hydrogen-bond donors (Lipinski definition) is 0. The lowest BCUT2D eigenvalue weighted by Crippen LogP contribution is -2.28. The average Bonchev–Trinajstić information content (AvgIpc) is 2.41. The van der Waals surface area contributed by atoms with E-state index in [9.17, 15) is 0 Å². The Morgan fingerprint density at radius 3 is 2.47 bits per heavy atom. The molecule has 0 aliphatic heterocycles. The molecule has 15 heavy (non-hydrogen) atoms. The smallest absolute Gasteiger partial charge is 0.164 e. The third-order valence-corrected chi connectivity index (χ3v) is 1.83. The van der Waals surface area contributed by atoms with Gasteiger partial charge in [-0.3, -0.25) is 0 Å². The zero-order chi connectivity index (χ0) is 15.7. The largest absolute Gasteiger partial charge is 0.354 e. The molecule has 0 radical (unpaired) electrons. The number of benzene rings is 1. The lowest BCUT2D eigenvalue weighted by Gasteiger charge is -2.27. The summed E-state index contributed by atoms with van der Waals surface area (Å²) in [7, 11) is 1.43. The molecule has 0 heterocycles. The Balaban J connectivity index is 3.42. The second kappa shape index (κ2) is 4.97. The van der Waals surface area contributed by atoms with Gasteiger partial charge in [0.1, 0.15) is 6.10 Å². The molecule has 1 aromatic carbocycles. The highest BCUT2D eigenvalue weighted by Crippen LogP contribution is 2.23. The summed E-state index contributed by atoms with van der Waals surface area (Å²) in [4.78, 5) is 0. The van der Waals surface area contributed by atoms with Crippen molar-refractivity contribution in [3.63, 3.8) is 0 Å². The van der Waals surface area contributed by atoms with Crippen LogP contribution in [0.5, 0.6) is 0 Å². The molecule has 1 unspecified atom stereocenters. The minimum Gasteiger partial charge on any atom is -0.354 e. The van der Waals surface area contributed by atoms with Crippen molar-refractivity contribution in [3.05, 3.63) is 35.8 Å². The van der Waals surface area contributed by atoms with Gasteiger partial charge in [0.15, 0.2) is 5.79 Å². The molecule has 0 fully saturated rings. The summed E-state index contributed by atoms with van der Waals surface area (Å²) in [5.41, 5.74) is -0.0661. The molecule has 0 N–H and O–H groups in total. The van der Waals surface area contributed by atoms with Crippen LogP contribution in [0.3, 0.4) is 0 Å². The number of ether oxygens (including phenoxy) is 2.